The minimum Gasteiger partial charge on any atom is -0.458 e. The summed E-state index contributed by atoms with van der Waals surface area (Å²) in [5.41, 5.74) is 6.30. The summed E-state index contributed by atoms with van der Waals surface area (Å²) in [6.07, 6.45) is 10.0. The Hall–Kier alpha value is -2.98. The molecule has 2 aliphatic carbocycles. The quantitative estimate of drug-likeness (QED) is 0.574. The van der Waals surface area contributed by atoms with Gasteiger partial charge in [0.05, 0.1) is 12.5 Å². The molecule has 33 heavy (non-hydrogen) atoms. The number of hydrogen-bond donors (Lipinski definition) is 1. The van der Waals surface area contributed by atoms with Crippen LogP contribution in [0.25, 0.3) is 11.1 Å². The van der Waals surface area contributed by atoms with Crippen LogP contribution in [-0.4, -0.2) is 23.3 Å². The summed E-state index contributed by atoms with van der Waals surface area (Å²) in [4.78, 5) is 11.8. The van der Waals surface area contributed by atoms with Crippen molar-refractivity contribution >= 4 is 17.1 Å². The number of aliphatic hydroxyl groups excluding tert-OH is 1. The number of carbonyl (C=O) groups is 1. The molecule has 0 amide bonds. The second kappa shape index (κ2) is 8.75. The zero-order chi connectivity index (χ0) is 23.0. The summed E-state index contributed by atoms with van der Waals surface area (Å²) >= 11 is 0. The monoisotopic (exact) mass is 444 g/mol. The number of halogens is 1. The van der Waals surface area contributed by atoms with Crippen molar-refractivity contribution in [3.05, 3.63) is 94.8 Å². The van der Waals surface area contributed by atoms with Crippen molar-refractivity contribution in [2.24, 2.45) is 5.41 Å². The van der Waals surface area contributed by atoms with Crippen molar-refractivity contribution in [3.63, 3.8) is 0 Å². The van der Waals surface area contributed by atoms with E-state index in [2.05, 4.69) is 36.4 Å². The third-order valence-corrected chi connectivity index (χ3v) is 7.29. The second-order valence-corrected chi connectivity index (χ2v) is 9.49. The SMILES string of the molecule is Cc1cc(C2=C(/C=C/[C@@H]3C[C@@H](O)CC(=O)O3)C3(CCCC3)C(c3ccccc3)=C2)ccc1F. The van der Waals surface area contributed by atoms with E-state index in [1.807, 2.05) is 24.3 Å². The minimum absolute atomic E-state index is 0.0524. The van der Waals surface area contributed by atoms with Gasteiger partial charge in [0.2, 0.25) is 0 Å². The van der Waals surface area contributed by atoms with Crippen LogP contribution in [0.3, 0.4) is 0 Å². The lowest BCUT2D eigenvalue weighted by Gasteiger charge is -2.31. The molecule has 2 aromatic rings. The summed E-state index contributed by atoms with van der Waals surface area (Å²) in [5.74, 6) is -0.572. The molecule has 2 fully saturated rings. The number of allylic oxidation sites excluding steroid dienone is 5. The molecule has 1 saturated heterocycles. The highest BCUT2D eigenvalue weighted by atomic mass is 19.1. The van der Waals surface area contributed by atoms with Gasteiger partial charge in [0.1, 0.15) is 11.9 Å². The number of aliphatic hydroxyl groups is 1. The van der Waals surface area contributed by atoms with E-state index < -0.39 is 12.2 Å². The number of rotatable bonds is 4. The Balaban J connectivity index is 1.63. The van der Waals surface area contributed by atoms with E-state index in [0.29, 0.717) is 12.0 Å². The standard InChI is InChI=1S/C29H29FO3/c1-19-15-21(9-12-27(19)30)24-18-26(20-7-3-2-4-8-20)29(13-5-6-14-29)25(24)11-10-23-16-22(31)17-28(32)33-23/h2-4,7-12,15,18,22-23,31H,5-6,13-14,16-17H2,1H3/b11-10+/t22-,23-/m1/s1. The largest absolute Gasteiger partial charge is 0.458 e. The Kier molecular flexibility index (Phi) is 5.79. The smallest absolute Gasteiger partial charge is 0.309 e. The van der Waals surface area contributed by atoms with Crippen LogP contribution in [-0.2, 0) is 9.53 Å². The van der Waals surface area contributed by atoms with Gasteiger partial charge in [-0.3, -0.25) is 4.79 Å². The second-order valence-electron chi connectivity index (χ2n) is 9.49. The molecule has 5 rings (SSSR count). The van der Waals surface area contributed by atoms with Crippen molar-refractivity contribution < 1.29 is 19.0 Å². The zero-order valence-corrected chi connectivity index (χ0v) is 18.9. The van der Waals surface area contributed by atoms with Crippen molar-refractivity contribution in [2.45, 2.75) is 57.7 Å². The fourth-order valence-corrected chi connectivity index (χ4v) is 5.69. The first-order chi connectivity index (χ1) is 16.0. The molecule has 1 N–H and O–H groups in total. The molecular formula is C29H29FO3. The number of hydrogen-bond acceptors (Lipinski definition) is 3. The maximum absolute atomic E-state index is 14.1. The van der Waals surface area contributed by atoms with Gasteiger partial charge in [0.15, 0.2) is 0 Å². The highest BCUT2D eigenvalue weighted by molar-refractivity contribution is 5.97. The average Bonchev–Trinajstić information content (AvgIpc) is 3.40. The van der Waals surface area contributed by atoms with Crippen molar-refractivity contribution in [1.29, 1.82) is 0 Å². The Bertz CT molecular complexity index is 1150. The van der Waals surface area contributed by atoms with Gasteiger partial charge in [-0.25, -0.2) is 4.39 Å². The summed E-state index contributed by atoms with van der Waals surface area (Å²) in [5, 5.41) is 10.0. The number of carbonyl (C=O) groups excluding carboxylic acids is 1. The Morgan fingerprint density at radius 2 is 1.85 bits per heavy atom. The van der Waals surface area contributed by atoms with Gasteiger partial charge in [-0.15, -0.1) is 0 Å². The maximum Gasteiger partial charge on any atom is 0.309 e. The summed E-state index contributed by atoms with van der Waals surface area (Å²) in [6, 6.07) is 15.8. The summed E-state index contributed by atoms with van der Waals surface area (Å²) in [7, 11) is 0. The van der Waals surface area contributed by atoms with Gasteiger partial charge >= 0.3 is 5.97 Å². The van der Waals surface area contributed by atoms with E-state index >= 15 is 0 Å². The normalized spacial score (nSPS) is 24.6. The summed E-state index contributed by atoms with van der Waals surface area (Å²) in [6.45, 7) is 1.79. The molecule has 0 unspecified atom stereocenters. The van der Waals surface area contributed by atoms with Crippen LogP contribution in [0.4, 0.5) is 4.39 Å². The van der Waals surface area contributed by atoms with E-state index in [1.54, 1.807) is 6.92 Å². The molecule has 1 spiro atoms. The Morgan fingerprint density at radius 3 is 2.55 bits per heavy atom. The third-order valence-electron chi connectivity index (χ3n) is 7.29. The van der Waals surface area contributed by atoms with Crippen LogP contribution < -0.4 is 0 Å². The molecule has 0 aromatic heterocycles. The maximum atomic E-state index is 14.1. The van der Waals surface area contributed by atoms with E-state index in [4.69, 9.17) is 4.74 Å². The first kappa shape index (κ1) is 21.8. The molecule has 1 saturated carbocycles. The van der Waals surface area contributed by atoms with Crippen LogP contribution >= 0.6 is 0 Å². The number of cyclic esters (lactones) is 1. The molecular weight excluding hydrogens is 415 g/mol. The predicted molar refractivity (Wildman–Crippen MR) is 128 cm³/mol. The van der Waals surface area contributed by atoms with Crippen LogP contribution in [0.1, 0.15) is 55.2 Å². The average molecular weight is 445 g/mol. The Morgan fingerprint density at radius 1 is 1.09 bits per heavy atom. The fraction of sp³-hybridized carbons (Fsp3) is 0.345. The molecule has 3 nitrogen and oxygen atoms in total. The van der Waals surface area contributed by atoms with E-state index in [1.165, 1.54) is 22.8 Å². The number of benzene rings is 2. The number of aryl methyl sites for hydroxylation is 1. The minimum atomic E-state index is -0.670. The first-order valence-electron chi connectivity index (χ1n) is 11.8. The van der Waals surface area contributed by atoms with Crippen LogP contribution in [0, 0.1) is 18.2 Å². The van der Waals surface area contributed by atoms with Gasteiger partial charge in [0, 0.05) is 11.8 Å². The van der Waals surface area contributed by atoms with Gasteiger partial charge in [-0.05, 0) is 77.5 Å². The molecule has 1 aliphatic heterocycles. The molecule has 2 atom stereocenters. The van der Waals surface area contributed by atoms with Gasteiger partial charge < -0.3 is 9.84 Å². The predicted octanol–water partition coefficient (Wildman–Crippen LogP) is 6.17. The topological polar surface area (TPSA) is 46.5 Å². The lowest BCUT2D eigenvalue weighted by molar-refractivity contribution is -0.156. The molecule has 2 aromatic carbocycles. The van der Waals surface area contributed by atoms with Gasteiger partial charge in [-0.2, -0.15) is 0 Å². The first-order valence-corrected chi connectivity index (χ1v) is 11.8. The third kappa shape index (κ3) is 4.08. The molecule has 3 aliphatic rings. The molecule has 0 bridgehead atoms. The molecule has 4 heteroatoms. The van der Waals surface area contributed by atoms with E-state index in [0.717, 1.165) is 36.8 Å². The van der Waals surface area contributed by atoms with Gasteiger partial charge in [-0.1, -0.05) is 55.3 Å². The Labute approximate surface area is 194 Å². The summed E-state index contributed by atoms with van der Waals surface area (Å²) < 4.78 is 19.5. The lowest BCUT2D eigenvalue weighted by Crippen LogP contribution is -2.31. The van der Waals surface area contributed by atoms with Gasteiger partial charge in [0.25, 0.3) is 0 Å². The van der Waals surface area contributed by atoms with E-state index in [9.17, 15) is 14.3 Å². The highest BCUT2D eigenvalue weighted by Crippen LogP contribution is 2.60. The van der Waals surface area contributed by atoms with Crippen LogP contribution in [0.5, 0.6) is 0 Å². The lowest BCUT2D eigenvalue weighted by atomic mass is 9.72. The van der Waals surface area contributed by atoms with Crippen LogP contribution in [0.15, 0.2) is 72.3 Å². The van der Waals surface area contributed by atoms with Crippen molar-refractivity contribution in [2.75, 3.05) is 0 Å². The molecule has 170 valence electrons. The van der Waals surface area contributed by atoms with E-state index in [-0.39, 0.29) is 23.6 Å². The molecule has 1 heterocycles. The zero-order valence-electron chi connectivity index (χ0n) is 18.9. The fourth-order valence-electron chi connectivity index (χ4n) is 5.69. The number of esters is 1. The van der Waals surface area contributed by atoms with Crippen LogP contribution in [0.2, 0.25) is 0 Å². The number of ether oxygens (including phenoxy) is 1. The van der Waals surface area contributed by atoms with Crippen molar-refractivity contribution in [1.82, 2.24) is 0 Å². The van der Waals surface area contributed by atoms with Crippen molar-refractivity contribution in [3.8, 4) is 0 Å². The highest BCUT2D eigenvalue weighted by Gasteiger charge is 2.45. The molecule has 0 radical (unpaired) electrons.